The van der Waals surface area contributed by atoms with Crippen LogP contribution in [0.25, 0.3) is 11.1 Å². The van der Waals surface area contributed by atoms with Crippen molar-refractivity contribution in [3.63, 3.8) is 0 Å². The Balaban J connectivity index is 1.63. The van der Waals surface area contributed by atoms with Gasteiger partial charge in [0.05, 0.1) is 6.61 Å². The molecular weight excluding hydrogens is 302 g/mol. The molecule has 24 heavy (non-hydrogen) atoms. The van der Waals surface area contributed by atoms with Crippen molar-refractivity contribution in [1.82, 2.24) is 0 Å². The van der Waals surface area contributed by atoms with Crippen LogP contribution in [0.5, 0.6) is 5.75 Å². The molecule has 0 spiro atoms. The van der Waals surface area contributed by atoms with Gasteiger partial charge in [-0.25, -0.2) is 0 Å². The number of para-hydroxylation sites is 1. The van der Waals surface area contributed by atoms with Crippen molar-refractivity contribution in [1.29, 1.82) is 0 Å². The molecule has 4 heteroatoms. The van der Waals surface area contributed by atoms with E-state index in [0.29, 0.717) is 19.1 Å². The van der Waals surface area contributed by atoms with Gasteiger partial charge in [-0.3, -0.25) is 4.79 Å². The molecule has 0 amide bonds. The summed E-state index contributed by atoms with van der Waals surface area (Å²) in [6.45, 7) is 0.422. The van der Waals surface area contributed by atoms with Crippen LogP contribution in [-0.2, 0) is 4.79 Å². The van der Waals surface area contributed by atoms with Crippen LogP contribution < -0.4 is 10.1 Å². The average molecular weight is 325 g/mol. The Bertz CT molecular complexity index is 678. The van der Waals surface area contributed by atoms with Gasteiger partial charge in [0.25, 0.3) is 0 Å². The molecule has 0 saturated heterocycles. The number of hydrogen-bond acceptors (Lipinski definition) is 3. The van der Waals surface area contributed by atoms with Gasteiger partial charge < -0.3 is 15.2 Å². The van der Waals surface area contributed by atoms with Crippen molar-refractivity contribution in [3.05, 3.63) is 48.5 Å². The van der Waals surface area contributed by atoms with E-state index in [4.69, 9.17) is 9.84 Å². The van der Waals surface area contributed by atoms with Gasteiger partial charge in [0.1, 0.15) is 5.75 Å². The normalized spacial score (nSPS) is 14.0. The lowest BCUT2D eigenvalue weighted by atomic mass is 9.92. The number of nitrogens with one attached hydrogen (secondary N) is 1. The summed E-state index contributed by atoms with van der Waals surface area (Å²) < 4.78 is 5.59. The highest BCUT2D eigenvalue weighted by atomic mass is 16.5. The Morgan fingerprint density at radius 3 is 2.54 bits per heavy atom. The van der Waals surface area contributed by atoms with Gasteiger partial charge in [-0.1, -0.05) is 30.3 Å². The Morgan fingerprint density at radius 2 is 1.88 bits per heavy atom. The fourth-order valence-electron chi connectivity index (χ4n) is 2.78. The number of anilines is 1. The highest BCUT2D eigenvalue weighted by molar-refractivity contribution is 5.78. The second-order valence-electron chi connectivity index (χ2n) is 6.19. The van der Waals surface area contributed by atoms with E-state index in [1.807, 2.05) is 24.3 Å². The summed E-state index contributed by atoms with van der Waals surface area (Å²) >= 11 is 0. The lowest BCUT2D eigenvalue weighted by molar-refractivity contribution is -0.137. The summed E-state index contributed by atoms with van der Waals surface area (Å²) in [6.07, 6.45) is 4.46. The molecule has 0 unspecified atom stereocenters. The summed E-state index contributed by atoms with van der Waals surface area (Å²) in [5.41, 5.74) is 3.52. The van der Waals surface area contributed by atoms with E-state index in [1.165, 1.54) is 30.5 Å². The second kappa shape index (κ2) is 7.86. The smallest absolute Gasteiger partial charge is 0.303 e. The third kappa shape index (κ3) is 4.28. The average Bonchev–Trinajstić information content (AvgIpc) is 2.56. The Morgan fingerprint density at radius 1 is 1.12 bits per heavy atom. The van der Waals surface area contributed by atoms with Gasteiger partial charge in [-0.05, 0) is 49.4 Å². The topological polar surface area (TPSA) is 58.6 Å². The van der Waals surface area contributed by atoms with E-state index >= 15 is 0 Å². The minimum atomic E-state index is -0.787. The quantitative estimate of drug-likeness (QED) is 0.698. The molecule has 0 aromatic heterocycles. The molecule has 2 aromatic carbocycles. The molecule has 0 atom stereocenters. The zero-order chi connectivity index (χ0) is 16.8. The highest BCUT2D eigenvalue weighted by Crippen LogP contribution is 2.32. The van der Waals surface area contributed by atoms with Crippen molar-refractivity contribution in [2.45, 2.75) is 38.1 Å². The van der Waals surface area contributed by atoms with Gasteiger partial charge >= 0.3 is 5.97 Å². The summed E-state index contributed by atoms with van der Waals surface area (Å²) in [4.78, 5) is 10.5. The van der Waals surface area contributed by atoms with Gasteiger partial charge in [0, 0.05) is 23.7 Å². The van der Waals surface area contributed by atoms with Crippen molar-refractivity contribution >= 4 is 11.7 Å². The van der Waals surface area contributed by atoms with E-state index in [9.17, 15) is 4.79 Å². The molecule has 0 bridgehead atoms. The minimum Gasteiger partial charge on any atom is -0.494 e. The molecule has 1 aliphatic rings. The van der Waals surface area contributed by atoms with E-state index < -0.39 is 5.97 Å². The molecule has 2 N–H and O–H groups in total. The first-order valence-electron chi connectivity index (χ1n) is 8.53. The zero-order valence-corrected chi connectivity index (χ0v) is 13.7. The predicted molar refractivity (Wildman–Crippen MR) is 95.5 cm³/mol. The predicted octanol–water partition coefficient (Wildman–Crippen LogP) is 4.56. The van der Waals surface area contributed by atoms with Crippen molar-refractivity contribution in [2.75, 3.05) is 11.9 Å². The zero-order valence-electron chi connectivity index (χ0n) is 13.7. The summed E-state index contributed by atoms with van der Waals surface area (Å²) in [5, 5.41) is 12.2. The number of ether oxygens (including phenoxy) is 1. The maximum absolute atomic E-state index is 10.5. The van der Waals surface area contributed by atoms with Crippen molar-refractivity contribution < 1.29 is 14.6 Å². The third-order valence-electron chi connectivity index (χ3n) is 4.36. The number of carboxylic acids is 1. The largest absolute Gasteiger partial charge is 0.494 e. The number of rotatable bonds is 8. The van der Waals surface area contributed by atoms with Crippen LogP contribution in [-0.4, -0.2) is 23.7 Å². The number of aliphatic carboxylic acids is 1. The molecule has 0 aliphatic heterocycles. The van der Waals surface area contributed by atoms with Crippen LogP contribution in [0.15, 0.2) is 48.5 Å². The minimum absolute atomic E-state index is 0.137. The number of carbonyl (C=O) groups is 1. The first kappa shape index (κ1) is 16.4. The van der Waals surface area contributed by atoms with Gasteiger partial charge in [-0.15, -0.1) is 0 Å². The molecule has 3 rings (SSSR count). The monoisotopic (exact) mass is 325 g/mol. The van der Waals surface area contributed by atoms with Crippen LogP contribution in [0.3, 0.4) is 0 Å². The van der Waals surface area contributed by atoms with E-state index in [1.54, 1.807) is 0 Å². The molecule has 126 valence electrons. The standard InChI is InChI=1S/C20H23NO3/c22-20(23)9-4-14-24-17-12-10-15(11-13-17)18-7-1-2-8-19(18)21-16-5-3-6-16/h1-2,7-8,10-13,16,21H,3-6,9,14H2,(H,22,23). The van der Waals surface area contributed by atoms with E-state index in [0.717, 1.165) is 11.3 Å². The number of hydrogen-bond donors (Lipinski definition) is 2. The van der Waals surface area contributed by atoms with Crippen LogP contribution in [0.2, 0.25) is 0 Å². The fraction of sp³-hybridized carbons (Fsp3) is 0.350. The molecule has 2 aromatic rings. The lowest BCUT2D eigenvalue weighted by Crippen LogP contribution is -2.27. The maximum atomic E-state index is 10.5. The summed E-state index contributed by atoms with van der Waals surface area (Å²) in [5.74, 6) is -0.0157. The van der Waals surface area contributed by atoms with Gasteiger partial charge in [0.15, 0.2) is 0 Å². The van der Waals surface area contributed by atoms with Crippen molar-refractivity contribution in [3.8, 4) is 16.9 Å². The molecule has 4 nitrogen and oxygen atoms in total. The molecule has 1 aliphatic carbocycles. The third-order valence-corrected chi connectivity index (χ3v) is 4.36. The van der Waals surface area contributed by atoms with Crippen molar-refractivity contribution in [2.24, 2.45) is 0 Å². The first-order chi connectivity index (χ1) is 11.7. The first-order valence-corrected chi connectivity index (χ1v) is 8.53. The molecule has 0 heterocycles. The van der Waals surface area contributed by atoms with Crippen LogP contribution in [0, 0.1) is 0 Å². The fourth-order valence-corrected chi connectivity index (χ4v) is 2.78. The number of benzene rings is 2. The van der Waals surface area contributed by atoms with E-state index in [2.05, 4.69) is 29.6 Å². The lowest BCUT2D eigenvalue weighted by Gasteiger charge is -2.28. The van der Waals surface area contributed by atoms with Crippen LogP contribution >= 0.6 is 0 Å². The second-order valence-corrected chi connectivity index (χ2v) is 6.19. The molecule has 0 radical (unpaired) electrons. The SMILES string of the molecule is O=C(O)CCCOc1ccc(-c2ccccc2NC2CCC2)cc1. The Kier molecular flexibility index (Phi) is 5.36. The van der Waals surface area contributed by atoms with Crippen LogP contribution in [0.1, 0.15) is 32.1 Å². The molecule has 1 fully saturated rings. The van der Waals surface area contributed by atoms with Crippen LogP contribution in [0.4, 0.5) is 5.69 Å². The summed E-state index contributed by atoms with van der Waals surface area (Å²) in [7, 11) is 0. The molecular formula is C20H23NO3. The summed E-state index contributed by atoms with van der Waals surface area (Å²) in [6, 6.07) is 17.0. The Labute approximate surface area is 142 Å². The maximum Gasteiger partial charge on any atom is 0.303 e. The van der Waals surface area contributed by atoms with Gasteiger partial charge in [-0.2, -0.15) is 0 Å². The number of carboxylic acid groups (broad SMARTS) is 1. The highest BCUT2D eigenvalue weighted by Gasteiger charge is 2.18. The Hall–Kier alpha value is -2.49. The van der Waals surface area contributed by atoms with E-state index in [-0.39, 0.29) is 6.42 Å². The molecule has 1 saturated carbocycles. The van der Waals surface area contributed by atoms with Gasteiger partial charge in [0.2, 0.25) is 0 Å².